The SMILES string of the molecule is Cc1ncncc1C(=O)N1CCC[C@H](Cc2cnc3[nH]ccc3c2)C1. The summed E-state index contributed by atoms with van der Waals surface area (Å²) in [5.41, 5.74) is 3.50. The van der Waals surface area contributed by atoms with Gasteiger partial charge < -0.3 is 9.88 Å². The van der Waals surface area contributed by atoms with Gasteiger partial charge in [-0.15, -0.1) is 0 Å². The van der Waals surface area contributed by atoms with E-state index in [-0.39, 0.29) is 5.91 Å². The normalized spacial score (nSPS) is 17.8. The Labute approximate surface area is 146 Å². The standard InChI is InChI=1S/C19H21N5O/c1-13-17(10-20-12-23-13)19(25)24-6-2-3-14(11-24)7-15-8-16-4-5-21-18(16)22-9-15/h4-5,8-10,12,14H,2-3,6-7,11H2,1H3,(H,21,22)/t14-/m1/s1. The molecule has 0 spiro atoms. The van der Waals surface area contributed by atoms with Gasteiger partial charge in [-0.3, -0.25) is 4.79 Å². The highest BCUT2D eigenvalue weighted by atomic mass is 16.2. The molecule has 1 atom stereocenters. The molecule has 0 aliphatic carbocycles. The van der Waals surface area contributed by atoms with Crippen LogP contribution < -0.4 is 0 Å². The number of carbonyl (C=O) groups is 1. The maximum atomic E-state index is 12.8. The van der Waals surface area contributed by atoms with Crippen LogP contribution in [0.5, 0.6) is 0 Å². The van der Waals surface area contributed by atoms with E-state index in [0.717, 1.165) is 49.1 Å². The monoisotopic (exact) mass is 335 g/mol. The number of aromatic amines is 1. The number of aryl methyl sites for hydroxylation is 1. The molecule has 0 aromatic carbocycles. The number of H-pyrrole nitrogens is 1. The fraction of sp³-hybridized carbons (Fsp3) is 0.368. The van der Waals surface area contributed by atoms with E-state index < -0.39 is 0 Å². The smallest absolute Gasteiger partial charge is 0.257 e. The van der Waals surface area contributed by atoms with Crippen molar-refractivity contribution in [3.05, 3.63) is 53.9 Å². The van der Waals surface area contributed by atoms with E-state index in [1.807, 2.05) is 30.3 Å². The third-order valence-corrected chi connectivity index (χ3v) is 4.93. The number of carbonyl (C=O) groups excluding carboxylic acids is 1. The van der Waals surface area contributed by atoms with Crippen molar-refractivity contribution in [1.82, 2.24) is 24.8 Å². The number of hydrogen-bond donors (Lipinski definition) is 1. The zero-order chi connectivity index (χ0) is 17.2. The second-order valence-corrected chi connectivity index (χ2v) is 6.74. The predicted octanol–water partition coefficient (Wildman–Crippen LogP) is 2.76. The topological polar surface area (TPSA) is 74.8 Å². The number of nitrogens with one attached hydrogen (secondary N) is 1. The average molecular weight is 335 g/mol. The van der Waals surface area contributed by atoms with Gasteiger partial charge in [0.15, 0.2) is 0 Å². The highest BCUT2D eigenvalue weighted by molar-refractivity contribution is 5.94. The van der Waals surface area contributed by atoms with Crippen LogP contribution in [0.4, 0.5) is 0 Å². The van der Waals surface area contributed by atoms with Gasteiger partial charge >= 0.3 is 0 Å². The van der Waals surface area contributed by atoms with Crippen molar-refractivity contribution in [2.75, 3.05) is 13.1 Å². The molecule has 0 saturated carbocycles. The van der Waals surface area contributed by atoms with Gasteiger partial charge in [-0.05, 0) is 49.8 Å². The lowest BCUT2D eigenvalue weighted by Gasteiger charge is -2.33. The Morgan fingerprint density at radius 2 is 2.28 bits per heavy atom. The minimum atomic E-state index is 0.0435. The van der Waals surface area contributed by atoms with Crippen LogP contribution in [0, 0.1) is 12.8 Å². The van der Waals surface area contributed by atoms with Crippen molar-refractivity contribution in [2.45, 2.75) is 26.2 Å². The number of hydrogen-bond acceptors (Lipinski definition) is 4. The lowest BCUT2D eigenvalue weighted by molar-refractivity contribution is 0.0671. The molecular formula is C19H21N5O. The zero-order valence-corrected chi connectivity index (χ0v) is 14.3. The molecule has 4 rings (SSSR count). The van der Waals surface area contributed by atoms with Gasteiger partial charge in [-0.25, -0.2) is 15.0 Å². The van der Waals surface area contributed by atoms with E-state index >= 15 is 0 Å². The summed E-state index contributed by atoms with van der Waals surface area (Å²) < 4.78 is 0. The molecule has 128 valence electrons. The van der Waals surface area contributed by atoms with Crippen LogP contribution in [0.2, 0.25) is 0 Å². The minimum absolute atomic E-state index is 0.0435. The van der Waals surface area contributed by atoms with Gasteiger partial charge in [-0.1, -0.05) is 0 Å². The van der Waals surface area contributed by atoms with Crippen molar-refractivity contribution < 1.29 is 4.79 Å². The highest BCUT2D eigenvalue weighted by Gasteiger charge is 2.26. The van der Waals surface area contributed by atoms with Gasteiger partial charge in [0.2, 0.25) is 0 Å². The summed E-state index contributed by atoms with van der Waals surface area (Å²) >= 11 is 0. The molecule has 1 aliphatic rings. The molecule has 1 fully saturated rings. The van der Waals surface area contributed by atoms with Crippen LogP contribution >= 0.6 is 0 Å². The number of rotatable bonds is 3. The van der Waals surface area contributed by atoms with Gasteiger partial charge in [0, 0.05) is 37.1 Å². The van der Waals surface area contributed by atoms with E-state index in [2.05, 4.69) is 26.0 Å². The quantitative estimate of drug-likeness (QED) is 0.798. The fourth-order valence-electron chi connectivity index (χ4n) is 3.62. The molecule has 3 aromatic rings. The van der Waals surface area contributed by atoms with Crippen molar-refractivity contribution in [3.63, 3.8) is 0 Å². The van der Waals surface area contributed by atoms with Crippen molar-refractivity contribution >= 4 is 16.9 Å². The zero-order valence-electron chi connectivity index (χ0n) is 14.3. The lowest BCUT2D eigenvalue weighted by Crippen LogP contribution is -2.40. The van der Waals surface area contributed by atoms with E-state index in [1.54, 1.807) is 6.20 Å². The summed E-state index contributed by atoms with van der Waals surface area (Å²) in [5.74, 6) is 0.503. The molecule has 1 N–H and O–H groups in total. The molecule has 6 nitrogen and oxygen atoms in total. The van der Waals surface area contributed by atoms with Gasteiger partial charge in [0.1, 0.15) is 12.0 Å². The summed E-state index contributed by atoms with van der Waals surface area (Å²) in [6.45, 7) is 3.44. The molecule has 1 amide bonds. The van der Waals surface area contributed by atoms with Crippen LogP contribution in [-0.4, -0.2) is 43.8 Å². The Balaban J connectivity index is 1.47. The van der Waals surface area contributed by atoms with E-state index in [9.17, 15) is 4.79 Å². The van der Waals surface area contributed by atoms with Gasteiger partial charge in [-0.2, -0.15) is 0 Å². The van der Waals surface area contributed by atoms with Crippen LogP contribution in [0.25, 0.3) is 11.0 Å². The summed E-state index contributed by atoms with van der Waals surface area (Å²) in [5, 5.41) is 1.14. The number of nitrogens with zero attached hydrogens (tertiary/aromatic N) is 4. The fourth-order valence-corrected chi connectivity index (χ4v) is 3.62. The molecule has 0 bridgehead atoms. The number of likely N-dealkylation sites (tertiary alicyclic amines) is 1. The maximum Gasteiger partial charge on any atom is 0.257 e. The Morgan fingerprint density at radius 1 is 1.36 bits per heavy atom. The van der Waals surface area contributed by atoms with Gasteiger partial charge in [0.25, 0.3) is 5.91 Å². The Kier molecular flexibility index (Phi) is 4.17. The Bertz CT molecular complexity index is 903. The van der Waals surface area contributed by atoms with Crippen molar-refractivity contribution in [1.29, 1.82) is 0 Å². The summed E-state index contributed by atoms with van der Waals surface area (Å²) in [4.78, 5) is 30.5. The van der Waals surface area contributed by atoms with Crippen LogP contribution in [0.15, 0.2) is 37.1 Å². The van der Waals surface area contributed by atoms with Crippen molar-refractivity contribution in [2.24, 2.45) is 5.92 Å². The number of pyridine rings is 1. The first-order valence-corrected chi connectivity index (χ1v) is 8.68. The minimum Gasteiger partial charge on any atom is -0.346 e. The van der Waals surface area contributed by atoms with Crippen LogP contribution in [0.1, 0.15) is 34.5 Å². The maximum absolute atomic E-state index is 12.8. The number of piperidine rings is 1. The van der Waals surface area contributed by atoms with E-state index in [1.165, 1.54) is 11.9 Å². The molecule has 4 heterocycles. The van der Waals surface area contributed by atoms with Crippen LogP contribution in [0.3, 0.4) is 0 Å². The molecule has 1 aliphatic heterocycles. The first kappa shape index (κ1) is 15.7. The molecule has 25 heavy (non-hydrogen) atoms. The van der Waals surface area contributed by atoms with Crippen LogP contribution in [-0.2, 0) is 6.42 Å². The molecule has 1 saturated heterocycles. The third kappa shape index (κ3) is 3.24. The summed E-state index contributed by atoms with van der Waals surface area (Å²) in [7, 11) is 0. The molecule has 0 radical (unpaired) electrons. The average Bonchev–Trinajstić information content (AvgIpc) is 3.09. The molecular weight excluding hydrogens is 314 g/mol. The Hall–Kier alpha value is -2.76. The second kappa shape index (κ2) is 6.63. The molecule has 3 aromatic heterocycles. The first-order chi connectivity index (χ1) is 12.2. The molecule has 6 heteroatoms. The summed E-state index contributed by atoms with van der Waals surface area (Å²) in [6, 6.07) is 4.23. The lowest BCUT2D eigenvalue weighted by atomic mass is 9.91. The first-order valence-electron chi connectivity index (χ1n) is 8.68. The largest absolute Gasteiger partial charge is 0.346 e. The second-order valence-electron chi connectivity index (χ2n) is 6.74. The molecule has 0 unspecified atom stereocenters. The van der Waals surface area contributed by atoms with E-state index in [4.69, 9.17) is 0 Å². The number of fused-ring (bicyclic) bond motifs is 1. The Morgan fingerprint density at radius 3 is 3.16 bits per heavy atom. The third-order valence-electron chi connectivity index (χ3n) is 4.93. The van der Waals surface area contributed by atoms with Crippen molar-refractivity contribution in [3.8, 4) is 0 Å². The summed E-state index contributed by atoms with van der Waals surface area (Å²) in [6.07, 6.45) is 10.1. The van der Waals surface area contributed by atoms with Gasteiger partial charge in [0.05, 0.1) is 11.3 Å². The number of aromatic nitrogens is 4. The van der Waals surface area contributed by atoms with E-state index in [0.29, 0.717) is 11.5 Å². The predicted molar refractivity (Wildman–Crippen MR) is 95.2 cm³/mol. The number of amides is 1. The highest BCUT2D eigenvalue weighted by Crippen LogP contribution is 2.23.